The van der Waals surface area contributed by atoms with E-state index in [1.807, 2.05) is 29.4 Å². The number of hydrogen-bond acceptors (Lipinski definition) is 7. The van der Waals surface area contributed by atoms with E-state index in [2.05, 4.69) is 24.4 Å². The first-order valence-electron chi connectivity index (χ1n) is 15.1. The molecular weight excluding hydrogens is 629 g/mol. The van der Waals surface area contributed by atoms with Gasteiger partial charge in [0, 0.05) is 69.1 Å². The van der Waals surface area contributed by atoms with Crippen molar-refractivity contribution in [2.75, 3.05) is 37.6 Å². The molecule has 47 heavy (non-hydrogen) atoms. The molecule has 2 fully saturated rings. The van der Waals surface area contributed by atoms with Crippen LogP contribution in [-0.4, -0.2) is 96.1 Å². The number of anilines is 1. The maximum atomic E-state index is 14.7. The highest BCUT2D eigenvalue weighted by Gasteiger charge is 2.39. The molecule has 3 aliphatic heterocycles. The zero-order valence-corrected chi connectivity index (χ0v) is 25.0. The van der Waals surface area contributed by atoms with Crippen LogP contribution < -0.4 is 4.90 Å². The number of rotatable bonds is 5. The number of nitrogens with zero attached hydrogens (tertiary/aromatic N) is 7. The van der Waals surface area contributed by atoms with Crippen LogP contribution in [0.4, 0.5) is 27.6 Å². The molecule has 3 aliphatic rings. The molecule has 1 aromatic carbocycles. The normalized spacial score (nSPS) is 21.5. The van der Waals surface area contributed by atoms with E-state index in [4.69, 9.17) is 9.90 Å². The molecule has 2 saturated heterocycles. The standard InChI is InChI=1S/C29H31F2N7O2.C2HF3O2/c30-19-3-4-24(31)22(14-19)25-2-1-8-36(25)20-5-10-38-26(15-20)23(16-33-38)29(40)37-13-12-35-11-7-32-28(35)27(37)18-34-9-6-21(39)17-34;3-2(4,5)1(6)7/h3-5,7,10-11,14-16,21,25,27,39H,1-2,6,8-9,12-13,17-18H2;(H,6,7). The fraction of sp³-hybridized carbons (Fsp3) is 0.419. The summed E-state index contributed by atoms with van der Waals surface area (Å²) in [6.45, 7) is 3.85. The van der Waals surface area contributed by atoms with E-state index in [0.29, 0.717) is 55.8 Å². The summed E-state index contributed by atoms with van der Waals surface area (Å²) in [6, 6.07) is 6.89. The molecule has 3 aromatic heterocycles. The summed E-state index contributed by atoms with van der Waals surface area (Å²) in [4.78, 5) is 33.7. The summed E-state index contributed by atoms with van der Waals surface area (Å²) < 4.78 is 64.2. The number of likely N-dealkylation sites (tertiary alicyclic amines) is 1. The average molecular weight is 662 g/mol. The second kappa shape index (κ2) is 12.9. The number of carboxylic acids is 1. The lowest BCUT2D eigenvalue weighted by Crippen LogP contribution is -2.46. The number of aromatic nitrogens is 4. The Labute approximate surface area is 265 Å². The quantitative estimate of drug-likeness (QED) is 0.308. The maximum absolute atomic E-state index is 14.7. The molecule has 250 valence electrons. The van der Waals surface area contributed by atoms with E-state index in [9.17, 15) is 31.9 Å². The molecule has 4 aromatic rings. The van der Waals surface area contributed by atoms with Crippen LogP contribution >= 0.6 is 0 Å². The number of alkyl halides is 3. The van der Waals surface area contributed by atoms with Crippen molar-refractivity contribution in [1.29, 1.82) is 0 Å². The van der Waals surface area contributed by atoms with Gasteiger partial charge in [0.25, 0.3) is 5.91 Å². The van der Waals surface area contributed by atoms with Gasteiger partial charge in [0.1, 0.15) is 23.5 Å². The molecule has 3 unspecified atom stereocenters. The molecule has 2 N–H and O–H groups in total. The van der Waals surface area contributed by atoms with E-state index in [1.54, 1.807) is 16.9 Å². The zero-order valence-electron chi connectivity index (χ0n) is 25.0. The fourth-order valence-corrected chi connectivity index (χ4v) is 6.60. The number of aliphatic hydroxyl groups is 1. The SMILES string of the molecule is O=C(O)C(F)(F)F.O=C(c1cnn2ccc(N3CCCC3c3cc(F)ccc3F)cc12)N1CCn2ccnc2C1CN1CCC(O)C1. The third-order valence-electron chi connectivity index (χ3n) is 8.82. The van der Waals surface area contributed by atoms with Gasteiger partial charge in [0.2, 0.25) is 0 Å². The van der Waals surface area contributed by atoms with Crippen molar-refractivity contribution in [2.45, 2.75) is 50.2 Å². The summed E-state index contributed by atoms with van der Waals surface area (Å²) in [5, 5.41) is 21.6. The number of benzene rings is 1. The van der Waals surface area contributed by atoms with Crippen molar-refractivity contribution in [3.63, 3.8) is 0 Å². The van der Waals surface area contributed by atoms with Crippen molar-refractivity contribution in [2.24, 2.45) is 0 Å². The van der Waals surface area contributed by atoms with Gasteiger partial charge < -0.3 is 24.6 Å². The Morgan fingerprint density at radius 2 is 1.79 bits per heavy atom. The molecule has 0 radical (unpaired) electrons. The number of hydrogen-bond donors (Lipinski definition) is 2. The minimum Gasteiger partial charge on any atom is -0.475 e. The number of carboxylic acid groups (broad SMARTS) is 1. The van der Waals surface area contributed by atoms with Gasteiger partial charge in [-0.05, 0) is 49.6 Å². The number of carbonyl (C=O) groups is 2. The average Bonchev–Trinajstić information content (AvgIpc) is 3.84. The summed E-state index contributed by atoms with van der Waals surface area (Å²) in [6.07, 6.45) is 3.98. The molecular formula is C31H32F5N7O4. The van der Waals surface area contributed by atoms with E-state index >= 15 is 0 Å². The van der Waals surface area contributed by atoms with Crippen LogP contribution in [0, 0.1) is 11.6 Å². The molecule has 7 rings (SSSR count). The number of aliphatic carboxylic acids is 1. The number of pyridine rings is 1. The lowest BCUT2D eigenvalue weighted by atomic mass is 10.0. The van der Waals surface area contributed by atoms with Crippen LogP contribution in [0.15, 0.2) is 55.1 Å². The van der Waals surface area contributed by atoms with Gasteiger partial charge in [0.15, 0.2) is 0 Å². The molecule has 6 heterocycles. The van der Waals surface area contributed by atoms with E-state index in [1.165, 1.54) is 12.1 Å². The molecule has 0 saturated carbocycles. The third kappa shape index (κ3) is 6.65. The Hall–Kier alpha value is -4.57. The highest BCUT2D eigenvalue weighted by molar-refractivity contribution is 6.01. The van der Waals surface area contributed by atoms with E-state index < -0.39 is 23.8 Å². The molecule has 0 spiro atoms. The minimum atomic E-state index is -5.08. The Kier molecular flexibility index (Phi) is 8.89. The summed E-state index contributed by atoms with van der Waals surface area (Å²) in [5.41, 5.74) is 2.34. The van der Waals surface area contributed by atoms with Crippen LogP contribution in [0.3, 0.4) is 0 Å². The van der Waals surface area contributed by atoms with Gasteiger partial charge in [-0.3, -0.25) is 9.69 Å². The largest absolute Gasteiger partial charge is 0.490 e. The molecule has 1 amide bonds. The van der Waals surface area contributed by atoms with E-state index in [-0.39, 0.29) is 24.1 Å². The van der Waals surface area contributed by atoms with E-state index in [0.717, 1.165) is 37.0 Å². The van der Waals surface area contributed by atoms with Crippen molar-refractivity contribution in [3.05, 3.63) is 83.7 Å². The topological polar surface area (TPSA) is 119 Å². The van der Waals surface area contributed by atoms with Gasteiger partial charge in [0.05, 0.1) is 29.4 Å². The first-order chi connectivity index (χ1) is 22.4. The van der Waals surface area contributed by atoms with Gasteiger partial charge in [-0.1, -0.05) is 0 Å². The van der Waals surface area contributed by atoms with Crippen LogP contribution in [0.2, 0.25) is 0 Å². The molecule has 0 aliphatic carbocycles. The Morgan fingerprint density at radius 1 is 1.00 bits per heavy atom. The number of halogens is 5. The molecule has 16 heteroatoms. The monoisotopic (exact) mass is 661 g/mol. The lowest BCUT2D eigenvalue weighted by Gasteiger charge is -2.37. The minimum absolute atomic E-state index is 0.125. The number of fused-ring (bicyclic) bond motifs is 2. The highest BCUT2D eigenvalue weighted by Crippen LogP contribution is 2.38. The van der Waals surface area contributed by atoms with Crippen molar-refractivity contribution in [3.8, 4) is 0 Å². The number of aliphatic hydroxyl groups excluding tert-OH is 1. The second-order valence-corrected chi connectivity index (χ2v) is 11.8. The summed E-state index contributed by atoms with van der Waals surface area (Å²) in [5.74, 6) is -2.91. The smallest absolute Gasteiger partial charge is 0.475 e. The van der Waals surface area contributed by atoms with Gasteiger partial charge in [-0.25, -0.2) is 23.1 Å². The Morgan fingerprint density at radius 3 is 2.51 bits per heavy atom. The Balaban J connectivity index is 0.000000499. The molecule has 0 bridgehead atoms. The zero-order chi connectivity index (χ0) is 33.5. The predicted octanol–water partition coefficient (Wildman–Crippen LogP) is 4.05. The van der Waals surface area contributed by atoms with Crippen molar-refractivity contribution in [1.82, 2.24) is 29.0 Å². The lowest BCUT2D eigenvalue weighted by molar-refractivity contribution is -0.192. The summed E-state index contributed by atoms with van der Waals surface area (Å²) in [7, 11) is 0. The summed E-state index contributed by atoms with van der Waals surface area (Å²) >= 11 is 0. The van der Waals surface area contributed by atoms with Crippen LogP contribution in [0.5, 0.6) is 0 Å². The molecule has 11 nitrogen and oxygen atoms in total. The van der Waals surface area contributed by atoms with Gasteiger partial charge in [-0.15, -0.1) is 0 Å². The highest BCUT2D eigenvalue weighted by atomic mass is 19.4. The van der Waals surface area contributed by atoms with Gasteiger partial charge in [-0.2, -0.15) is 18.3 Å². The van der Waals surface area contributed by atoms with Crippen molar-refractivity contribution < 1.29 is 41.8 Å². The number of imidazole rings is 1. The number of β-amino-alcohol motifs (C(OH)–C–C–N with tert-alkyl or cyclic N) is 1. The predicted molar refractivity (Wildman–Crippen MR) is 158 cm³/mol. The van der Waals surface area contributed by atoms with Crippen LogP contribution in [-0.2, 0) is 11.3 Å². The van der Waals surface area contributed by atoms with Crippen LogP contribution in [0.25, 0.3) is 5.52 Å². The first-order valence-corrected chi connectivity index (χ1v) is 15.1. The number of amides is 1. The number of carbonyl (C=O) groups excluding carboxylic acids is 1. The first kappa shape index (κ1) is 32.4. The Bertz CT molecular complexity index is 1780. The maximum Gasteiger partial charge on any atom is 0.490 e. The van der Waals surface area contributed by atoms with Crippen LogP contribution in [0.1, 0.15) is 53.1 Å². The second-order valence-electron chi connectivity index (χ2n) is 11.8. The fourth-order valence-electron chi connectivity index (χ4n) is 6.60. The third-order valence-corrected chi connectivity index (χ3v) is 8.82. The van der Waals surface area contributed by atoms with Crippen molar-refractivity contribution >= 4 is 23.1 Å². The van der Waals surface area contributed by atoms with Gasteiger partial charge >= 0.3 is 12.1 Å². The molecule has 3 atom stereocenters.